The fourth-order valence-electron chi connectivity index (χ4n) is 2.28. The monoisotopic (exact) mass is 260 g/mol. The third kappa shape index (κ3) is 3.01. The van der Waals surface area contributed by atoms with E-state index in [9.17, 15) is 0 Å². The lowest BCUT2D eigenvalue weighted by atomic mass is 10.2. The van der Waals surface area contributed by atoms with Gasteiger partial charge < -0.3 is 10.3 Å². The highest BCUT2D eigenvalue weighted by molar-refractivity contribution is 5.04. The molecule has 0 saturated heterocycles. The van der Waals surface area contributed by atoms with Crippen molar-refractivity contribution in [3.63, 3.8) is 0 Å². The molecule has 2 N–H and O–H groups in total. The first kappa shape index (κ1) is 12.3. The Balaban J connectivity index is 1.61. The quantitative estimate of drug-likeness (QED) is 0.757. The third-order valence-corrected chi connectivity index (χ3v) is 3.48. The van der Waals surface area contributed by atoms with E-state index in [1.165, 1.54) is 18.5 Å². The average Bonchev–Trinajstić information content (AvgIpc) is 2.99. The maximum absolute atomic E-state index is 5.49. The van der Waals surface area contributed by atoms with Crippen LogP contribution in [0.1, 0.15) is 43.1 Å². The van der Waals surface area contributed by atoms with E-state index in [4.69, 9.17) is 5.73 Å². The molecule has 1 fully saturated rings. The van der Waals surface area contributed by atoms with Gasteiger partial charge in [-0.05, 0) is 38.6 Å². The molecule has 0 unspecified atom stereocenters. The molecule has 0 atom stereocenters. The summed E-state index contributed by atoms with van der Waals surface area (Å²) in [5, 5.41) is 8.39. The van der Waals surface area contributed by atoms with Crippen LogP contribution in [-0.2, 0) is 13.0 Å². The molecule has 1 aliphatic carbocycles. The highest BCUT2D eigenvalue weighted by atomic mass is 15.4. The van der Waals surface area contributed by atoms with E-state index in [-0.39, 0.29) is 0 Å². The van der Waals surface area contributed by atoms with Crippen molar-refractivity contribution >= 4 is 0 Å². The van der Waals surface area contributed by atoms with Gasteiger partial charge in [0.15, 0.2) is 0 Å². The standard InChI is InChI=1S/C13H20N6/c14-6-2-1-3-11-8-18(17-16-11)9-13-7-15-10-19(13)12-4-5-12/h7-8,10,12H,1-6,9,14H2. The van der Waals surface area contributed by atoms with Gasteiger partial charge in [0.25, 0.3) is 0 Å². The predicted octanol–water partition coefficient (Wildman–Crippen LogP) is 1.14. The molecule has 6 heteroatoms. The van der Waals surface area contributed by atoms with Gasteiger partial charge in [-0.3, -0.25) is 0 Å². The van der Waals surface area contributed by atoms with Gasteiger partial charge in [0.1, 0.15) is 0 Å². The van der Waals surface area contributed by atoms with Gasteiger partial charge in [-0.15, -0.1) is 5.10 Å². The molecular formula is C13H20N6. The van der Waals surface area contributed by atoms with E-state index in [0.717, 1.165) is 38.0 Å². The molecule has 1 saturated carbocycles. The molecule has 2 heterocycles. The lowest BCUT2D eigenvalue weighted by Gasteiger charge is -2.05. The molecule has 0 aromatic carbocycles. The van der Waals surface area contributed by atoms with Crippen molar-refractivity contribution in [2.75, 3.05) is 6.54 Å². The zero-order valence-electron chi connectivity index (χ0n) is 11.1. The second-order valence-corrected chi connectivity index (χ2v) is 5.18. The smallest absolute Gasteiger partial charge is 0.0951 e. The molecular weight excluding hydrogens is 240 g/mol. The Morgan fingerprint density at radius 3 is 3.00 bits per heavy atom. The highest BCUT2D eigenvalue weighted by Crippen LogP contribution is 2.35. The molecule has 2 aromatic heterocycles. The van der Waals surface area contributed by atoms with Crippen LogP contribution in [0.15, 0.2) is 18.7 Å². The Labute approximate surface area is 112 Å². The highest BCUT2D eigenvalue weighted by Gasteiger charge is 2.25. The Bertz CT molecular complexity index is 525. The zero-order valence-corrected chi connectivity index (χ0v) is 11.1. The molecule has 102 valence electrons. The van der Waals surface area contributed by atoms with E-state index >= 15 is 0 Å². The van der Waals surface area contributed by atoms with Crippen LogP contribution in [-0.4, -0.2) is 31.1 Å². The fourth-order valence-corrected chi connectivity index (χ4v) is 2.28. The van der Waals surface area contributed by atoms with Crippen molar-refractivity contribution in [2.24, 2.45) is 5.73 Å². The van der Waals surface area contributed by atoms with E-state index in [1.807, 2.05) is 23.4 Å². The van der Waals surface area contributed by atoms with Crippen molar-refractivity contribution < 1.29 is 0 Å². The van der Waals surface area contributed by atoms with Crippen molar-refractivity contribution in [1.29, 1.82) is 0 Å². The van der Waals surface area contributed by atoms with Gasteiger partial charge in [-0.1, -0.05) is 5.21 Å². The maximum Gasteiger partial charge on any atom is 0.0951 e. The summed E-state index contributed by atoms with van der Waals surface area (Å²) in [4.78, 5) is 4.23. The molecule has 0 radical (unpaired) electrons. The van der Waals surface area contributed by atoms with Crippen LogP contribution in [0, 0.1) is 0 Å². The molecule has 1 aliphatic rings. The molecule has 19 heavy (non-hydrogen) atoms. The summed E-state index contributed by atoms with van der Waals surface area (Å²) < 4.78 is 4.16. The summed E-state index contributed by atoms with van der Waals surface area (Å²) in [5.41, 5.74) is 7.74. The number of aromatic nitrogens is 5. The van der Waals surface area contributed by atoms with Crippen LogP contribution in [0.25, 0.3) is 0 Å². The molecule has 0 amide bonds. The van der Waals surface area contributed by atoms with E-state index < -0.39 is 0 Å². The first-order valence-corrected chi connectivity index (χ1v) is 6.96. The summed E-state index contributed by atoms with van der Waals surface area (Å²) in [5.74, 6) is 0. The molecule has 0 bridgehead atoms. The normalized spacial score (nSPS) is 15.0. The summed E-state index contributed by atoms with van der Waals surface area (Å²) >= 11 is 0. The van der Waals surface area contributed by atoms with E-state index in [0.29, 0.717) is 6.04 Å². The molecule has 0 spiro atoms. The molecule has 6 nitrogen and oxygen atoms in total. The van der Waals surface area contributed by atoms with Crippen LogP contribution < -0.4 is 5.73 Å². The van der Waals surface area contributed by atoms with Crippen LogP contribution in [0.5, 0.6) is 0 Å². The Hall–Kier alpha value is -1.69. The van der Waals surface area contributed by atoms with E-state index in [2.05, 4.69) is 19.9 Å². The Kier molecular flexibility index (Phi) is 3.59. The number of nitrogens with two attached hydrogens (primary N) is 1. The van der Waals surface area contributed by atoms with Crippen molar-refractivity contribution in [3.05, 3.63) is 30.1 Å². The Morgan fingerprint density at radius 2 is 2.21 bits per heavy atom. The van der Waals surface area contributed by atoms with Crippen molar-refractivity contribution in [3.8, 4) is 0 Å². The van der Waals surface area contributed by atoms with Gasteiger partial charge in [0.2, 0.25) is 0 Å². The number of aryl methyl sites for hydroxylation is 1. The number of unbranched alkanes of at least 4 members (excludes halogenated alkanes) is 1. The predicted molar refractivity (Wildman–Crippen MR) is 71.6 cm³/mol. The lowest BCUT2D eigenvalue weighted by molar-refractivity contribution is 0.596. The van der Waals surface area contributed by atoms with Crippen molar-refractivity contribution in [1.82, 2.24) is 24.5 Å². The Morgan fingerprint density at radius 1 is 1.32 bits per heavy atom. The average molecular weight is 260 g/mol. The van der Waals surface area contributed by atoms with Crippen LogP contribution in [0.4, 0.5) is 0 Å². The molecule has 3 rings (SSSR count). The summed E-state index contributed by atoms with van der Waals surface area (Å²) in [6.45, 7) is 1.50. The number of nitrogens with zero attached hydrogens (tertiary/aromatic N) is 5. The van der Waals surface area contributed by atoms with Crippen LogP contribution in [0.3, 0.4) is 0 Å². The molecule has 0 aliphatic heterocycles. The summed E-state index contributed by atoms with van der Waals surface area (Å²) in [6, 6.07) is 0.657. The topological polar surface area (TPSA) is 74.6 Å². The minimum Gasteiger partial charge on any atom is -0.330 e. The second-order valence-electron chi connectivity index (χ2n) is 5.18. The maximum atomic E-state index is 5.49. The zero-order chi connectivity index (χ0) is 13.1. The first-order chi connectivity index (χ1) is 9.36. The summed E-state index contributed by atoms with van der Waals surface area (Å²) in [7, 11) is 0. The third-order valence-electron chi connectivity index (χ3n) is 3.48. The number of imidazole rings is 1. The first-order valence-electron chi connectivity index (χ1n) is 6.96. The summed E-state index contributed by atoms with van der Waals surface area (Å²) in [6.07, 6.45) is 11.5. The van der Waals surface area contributed by atoms with Gasteiger partial charge in [-0.25, -0.2) is 9.67 Å². The van der Waals surface area contributed by atoms with Gasteiger partial charge in [0, 0.05) is 12.2 Å². The van der Waals surface area contributed by atoms with Crippen LogP contribution in [0.2, 0.25) is 0 Å². The number of hydrogen-bond acceptors (Lipinski definition) is 4. The van der Waals surface area contributed by atoms with Crippen molar-refractivity contribution in [2.45, 2.75) is 44.7 Å². The van der Waals surface area contributed by atoms with E-state index in [1.54, 1.807) is 0 Å². The van der Waals surface area contributed by atoms with Crippen LogP contribution >= 0.6 is 0 Å². The van der Waals surface area contributed by atoms with Gasteiger partial charge in [-0.2, -0.15) is 0 Å². The largest absolute Gasteiger partial charge is 0.330 e. The van der Waals surface area contributed by atoms with Gasteiger partial charge >= 0.3 is 0 Å². The van der Waals surface area contributed by atoms with Gasteiger partial charge in [0.05, 0.1) is 30.5 Å². The number of hydrogen-bond donors (Lipinski definition) is 1. The fraction of sp³-hybridized carbons (Fsp3) is 0.615. The lowest BCUT2D eigenvalue weighted by Crippen LogP contribution is -2.06. The molecule has 2 aromatic rings. The SMILES string of the molecule is NCCCCc1cn(Cc2cncn2C2CC2)nn1. The minimum atomic E-state index is 0.657. The second kappa shape index (κ2) is 5.52. The minimum absolute atomic E-state index is 0.657. The number of rotatable bonds is 7.